The van der Waals surface area contributed by atoms with Crippen molar-refractivity contribution >= 4 is 17.3 Å². The molecule has 0 saturated carbocycles. The molecule has 0 atom stereocenters. The second-order valence-corrected chi connectivity index (χ2v) is 4.47. The normalized spacial score (nSPS) is 10.8. The van der Waals surface area contributed by atoms with Gasteiger partial charge in [-0.1, -0.05) is 45.4 Å². The van der Waals surface area contributed by atoms with E-state index in [0.717, 1.165) is 6.42 Å². The maximum atomic E-state index is 5.05. The molecule has 0 fully saturated rings. The third kappa shape index (κ3) is 13.6. The van der Waals surface area contributed by atoms with Crippen LogP contribution in [0, 0.1) is 0 Å². The van der Waals surface area contributed by atoms with Crippen molar-refractivity contribution in [1.82, 2.24) is 0 Å². The number of rotatable bonds is 9. The molecular formula is C13H24OS. The van der Waals surface area contributed by atoms with Crippen LogP contribution < -0.4 is 0 Å². The van der Waals surface area contributed by atoms with Gasteiger partial charge in [0.1, 0.15) is 0 Å². The van der Waals surface area contributed by atoms with Crippen LogP contribution in [-0.2, 0) is 4.74 Å². The van der Waals surface area contributed by atoms with Gasteiger partial charge in [-0.2, -0.15) is 0 Å². The van der Waals surface area contributed by atoms with Gasteiger partial charge in [-0.15, -0.1) is 0 Å². The Labute approximate surface area is 99.9 Å². The molecule has 0 amide bonds. The standard InChI is InChI=1S/C13H24OS/c1-3-4-5-6-7-8-9-10-11-12-14-13(2)15/h11-12H,3-10H2,1-2H3. The summed E-state index contributed by atoms with van der Waals surface area (Å²) in [5.74, 6) is 0. The van der Waals surface area contributed by atoms with E-state index >= 15 is 0 Å². The molecule has 0 N–H and O–H groups in total. The largest absolute Gasteiger partial charge is 0.459 e. The van der Waals surface area contributed by atoms with Crippen LogP contribution in [0.4, 0.5) is 0 Å². The summed E-state index contributed by atoms with van der Waals surface area (Å²) < 4.78 is 5.05. The van der Waals surface area contributed by atoms with Gasteiger partial charge in [0.15, 0.2) is 5.05 Å². The van der Waals surface area contributed by atoms with Crippen molar-refractivity contribution in [2.45, 2.75) is 65.2 Å². The van der Waals surface area contributed by atoms with Gasteiger partial charge in [0, 0.05) is 6.92 Å². The lowest BCUT2D eigenvalue weighted by molar-refractivity contribution is 0.477. The molecule has 15 heavy (non-hydrogen) atoms. The van der Waals surface area contributed by atoms with E-state index in [1.165, 1.54) is 44.9 Å². The Hall–Kier alpha value is -0.370. The summed E-state index contributed by atoms with van der Waals surface area (Å²) in [7, 11) is 0. The summed E-state index contributed by atoms with van der Waals surface area (Å²) >= 11 is 4.78. The molecular weight excluding hydrogens is 204 g/mol. The molecule has 0 unspecified atom stereocenters. The van der Waals surface area contributed by atoms with Crippen molar-refractivity contribution < 1.29 is 4.74 Å². The van der Waals surface area contributed by atoms with Crippen molar-refractivity contribution in [3.8, 4) is 0 Å². The maximum absolute atomic E-state index is 5.05. The molecule has 1 nitrogen and oxygen atoms in total. The molecule has 0 aromatic rings. The van der Waals surface area contributed by atoms with Crippen LogP contribution in [0.25, 0.3) is 0 Å². The highest BCUT2D eigenvalue weighted by molar-refractivity contribution is 7.80. The Balaban J connectivity index is 3.04. The average Bonchev–Trinajstić information content (AvgIpc) is 2.20. The van der Waals surface area contributed by atoms with Crippen LogP contribution in [0.1, 0.15) is 65.2 Å². The number of allylic oxidation sites excluding steroid dienone is 1. The van der Waals surface area contributed by atoms with E-state index in [1.807, 2.05) is 0 Å². The van der Waals surface area contributed by atoms with E-state index in [9.17, 15) is 0 Å². The van der Waals surface area contributed by atoms with E-state index in [-0.39, 0.29) is 0 Å². The molecule has 0 aliphatic heterocycles. The third-order valence-electron chi connectivity index (χ3n) is 2.30. The smallest absolute Gasteiger partial charge is 0.163 e. The minimum atomic E-state index is 0.589. The molecule has 0 radical (unpaired) electrons. The van der Waals surface area contributed by atoms with E-state index in [4.69, 9.17) is 17.0 Å². The number of thiocarbonyl (C=S) groups is 1. The van der Waals surface area contributed by atoms with E-state index < -0.39 is 0 Å². The van der Waals surface area contributed by atoms with E-state index in [0.29, 0.717) is 5.05 Å². The van der Waals surface area contributed by atoms with Crippen LogP contribution >= 0.6 is 12.2 Å². The summed E-state index contributed by atoms with van der Waals surface area (Å²) in [5.41, 5.74) is 0. The van der Waals surface area contributed by atoms with Gasteiger partial charge in [0.2, 0.25) is 0 Å². The van der Waals surface area contributed by atoms with Gasteiger partial charge >= 0.3 is 0 Å². The second-order valence-electron chi connectivity index (χ2n) is 3.89. The molecule has 0 aliphatic carbocycles. The highest BCUT2D eigenvalue weighted by atomic mass is 32.1. The minimum Gasteiger partial charge on any atom is -0.459 e. The van der Waals surface area contributed by atoms with Crippen LogP contribution in [0.3, 0.4) is 0 Å². The first-order valence-corrected chi connectivity index (χ1v) is 6.50. The zero-order chi connectivity index (χ0) is 11.4. The molecule has 0 rings (SSSR count). The molecule has 0 aromatic heterocycles. The first kappa shape index (κ1) is 14.6. The van der Waals surface area contributed by atoms with Gasteiger partial charge in [-0.05, 0) is 31.1 Å². The summed E-state index contributed by atoms with van der Waals surface area (Å²) in [6.07, 6.45) is 14.4. The van der Waals surface area contributed by atoms with Crippen molar-refractivity contribution in [3.63, 3.8) is 0 Å². The lowest BCUT2D eigenvalue weighted by atomic mass is 10.1. The Morgan fingerprint density at radius 1 is 1.07 bits per heavy atom. The molecule has 88 valence electrons. The number of ether oxygens (including phenoxy) is 1. The van der Waals surface area contributed by atoms with Gasteiger partial charge in [-0.3, -0.25) is 0 Å². The van der Waals surface area contributed by atoms with Crippen LogP contribution in [0.15, 0.2) is 12.3 Å². The predicted molar refractivity (Wildman–Crippen MR) is 71.1 cm³/mol. The van der Waals surface area contributed by atoms with E-state index in [2.05, 4.69) is 13.0 Å². The Morgan fingerprint density at radius 3 is 2.27 bits per heavy atom. The first-order valence-electron chi connectivity index (χ1n) is 6.09. The molecule has 0 saturated heterocycles. The van der Waals surface area contributed by atoms with Crippen LogP contribution in [-0.4, -0.2) is 5.05 Å². The highest BCUT2D eigenvalue weighted by Crippen LogP contribution is 2.08. The zero-order valence-corrected chi connectivity index (χ0v) is 10.9. The topological polar surface area (TPSA) is 9.23 Å². The average molecular weight is 228 g/mol. The monoisotopic (exact) mass is 228 g/mol. The molecule has 0 heterocycles. The molecule has 0 aliphatic rings. The predicted octanol–water partition coefficient (Wildman–Crippen LogP) is 5.00. The number of unbranched alkanes of at least 4 members (excludes halogenated alkanes) is 7. The van der Waals surface area contributed by atoms with Gasteiger partial charge < -0.3 is 4.74 Å². The Kier molecular flexibility index (Phi) is 11.4. The minimum absolute atomic E-state index is 0.589. The summed E-state index contributed by atoms with van der Waals surface area (Å²) in [6.45, 7) is 4.04. The molecule has 0 spiro atoms. The second kappa shape index (κ2) is 11.7. The van der Waals surface area contributed by atoms with Crippen LogP contribution in [0.2, 0.25) is 0 Å². The van der Waals surface area contributed by atoms with Gasteiger partial charge in [0.25, 0.3) is 0 Å². The quantitative estimate of drug-likeness (QED) is 0.312. The lowest BCUT2D eigenvalue weighted by Crippen LogP contribution is -1.85. The van der Waals surface area contributed by atoms with Crippen molar-refractivity contribution in [2.75, 3.05) is 0 Å². The summed E-state index contributed by atoms with van der Waals surface area (Å²) in [6, 6.07) is 0. The lowest BCUT2D eigenvalue weighted by Gasteiger charge is -1.99. The van der Waals surface area contributed by atoms with Gasteiger partial charge in [-0.25, -0.2) is 0 Å². The summed E-state index contributed by atoms with van der Waals surface area (Å²) in [5, 5.41) is 0.589. The molecule has 0 aromatic carbocycles. The SMILES string of the molecule is CCCCCCCCCC=COC(C)=S. The number of hydrogen-bond donors (Lipinski definition) is 0. The molecule has 0 bridgehead atoms. The van der Waals surface area contributed by atoms with E-state index in [1.54, 1.807) is 13.2 Å². The Bertz CT molecular complexity index is 175. The van der Waals surface area contributed by atoms with Crippen LogP contribution in [0.5, 0.6) is 0 Å². The summed E-state index contributed by atoms with van der Waals surface area (Å²) in [4.78, 5) is 0. The van der Waals surface area contributed by atoms with Gasteiger partial charge in [0.05, 0.1) is 6.26 Å². The van der Waals surface area contributed by atoms with Crippen molar-refractivity contribution in [2.24, 2.45) is 0 Å². The maximum Gasteiger partial charge on any atom is 0.163 e. The van der Waals surface area contributed by atoms with Crippen molar-refractivity contribution in [1.29, 1.82) is 0 Å². The number of hydrogen-bond acceptors (Lipinski definition) is 2. The fraction of sp³-hybridized carbons (Fsp3) is 0.769. The van der Waals surface area contributed by atoms with Crippen molar-refractivity contribution in [3.05, 3.63) is 12.3 Å². The highest BCUT2D eigenvalue weighted by Gasteiger charge is 1.89. The fourth-order valence-electron chi connectivity index (χ4n) is 1.43. The third-order valence-corrected chi connectivity index (χ3v) is 2.40. The Morgan fingerprint density at radius 2 is 1.67 bits per heavy atom. The fourth-order valence-corrected chi connectivity index (χ4v) is 1.49. The molecule has 2 heteroatoms. The zero-order valence-electron chi connectivity index (χ0n) is 10.1. The first-order chi connectivity index (χ1) is 7.27.